The van der Waals surface area contributed by atoms with Crippen molar-refractivity contribution in [2.24, 2.45) is 5.41 Å². The molecule has 2 heterocycles. The largest absolute Gasteiger partial charge is 0.317 e. The summed E-state index contributed by atoms with van der Waals surface area (Å²) in [6.45, 7) is 6.13. The second kappa shape index (κ2) is 7.19. The Morgan fingerprint density at radius 1 is 1.43 bits per heavy atom. The van der Waals surface area contributed by atoms with Gasteiger partial charge < -0.3 is 5.32 Å². The molecule has 1 saturated carbocycles. The van der Waals surface area contributed by atoms with Gasteiger partial charge in [-0.05, 0) is 67.1 Å². The van der Waals surface area contributed by atoms with Gasteiger partial charge in [0.15, 0.2) is 0 Å². The van der Waals surface area contributed by atoms with Crippen LogP contribution in [-0.2, 0) is 16.6 Å². The molecule has 0 aromatic carbocycles. The molecule has 2 aliphatic rings. The van der Waals surface area contributed by atoms with E-state index in [1.807, 2.05) is 0 Å². The Bertz CT molecular complexity index is 595. The van der Waals surface area contributed by atoms with Gasteiger partial charge in [-0.3, -0.25) is 4.90 Å². The maximum absolute atomic E-state index is 11.6. The molecular weight excluding hydrogens is 330 g/mol. The highest BCUT2D eigenvalue weighted by atomic mass is 32.2. The van der Waals surface area contributed by atoms with Gasteiger partial charge in [-0.1, -0.05) is 0 Å². The molecule has 0 amide bonds. The lowest BCUT2D eigenvalue weighted by atomic mass is 9.93. The van der Waals surface area contributed by atoms with E-state index in [0.717, 1.165) is 26.2 Å². The quantitative estimate of drug-likeness (QED) is 0.742. The number of hydrogen-bond acceptors (Lipinski definition) is 5. The van der Waals surface area contributed by atoms with Crippen molar-refractivity contribution in [2.45, 2.75) is 38.8 Å². The molecule has 0 radical (unpaired) electrons. The van der Waals surface area contributed by atoms with Crippen molar-refractivity contribution in [1.29, 1.82) is 0 Å². The molecule has 1 saturated heterocycles. The van der Waals surface area contributed by atoms with E-state index < -0.39 is 10.0 Å². The third kappa shape index (κ3) is 4.33. The first kappa shape index (κ1) is 17.4. The summed E-state index contributed by atoms with van der Waals surface area (Å²) in [7, 11) is -3.10. The zero-order valence-electron chi connectivity index (χ0n) is 13.8. The van der Waals surface area contributed by atoms with Gasteiger partial charge in [-0.25, -0.2) is 13.1 Å². The Kier molecular flexibility index (Phi) is 5.42. The molecule has 23 heavy (non-hydrogen) atoms. The summed E-state index contributed by atoms with van der Waals surface area (Å²) in [6, 6.07) is 2.78. The van der Waals surface area contributed by atoms with Crippen LogP contribution in [0.2, 0.25) is 0 Å². The average molecular weight is 358 g/mol. The van der Waals surface area contributed by atoms with Gasteiger partial charge in [-0.2, -0.15) is 11.3 Å². The van der Waals surface area contributed by atoms with Gasteiger partial charge >= 0.3 is 0 Å². The molecule has 1 aromatic heterocycles. The van der Waals surface area contributed by atoms with Crippen molar-refractivity contribution in [2.75, 3.05) is 31.9 Å². The van der Waals surface area contributed by atoms with Gasteiger partial charge in [0.1, 0.15) is 0 Å². The smallest absolute Gasteiger partial charge is 0.211 e. The predicted octanol–water partition coefficient (Wildman–Crippen LogP) is 1.63. The fraction of sp³-hybridized carbons (Fsp3) is 0.750. The molecule has 1 unspecified atom stereocenters. The fourth-order valence-electron chi connectivity index (χ4n) is 3.71. The SMILES string of the molecule is CCS(=O)(=O)NCCN(Cc1ccsc1)C1CC12CCNCC2. The number of nitrogens with zero attached hydrogens (tertiary/aromatic N) is 1. The van der Waals surface area contributed by atoms with Crippen molar-refractivity contribution in [3.05, 3.63) is 22.4 Å². The normalized spacial score (nSPS) is 23.5. The topological polar surface area (TPSA) is 61.4 Å². The molecule has 2 fully saturated rings. The summed E-state index contributed by atoms with van der Waals surface area (Å²) in [4.78, 5) is 2.49. The Morgan fingerprint density at radius 3 is 2.87 bits per heavy atom. The zero-order chi connectivity index (χ0) is 16.3. The maximum Gasteiger partial charge on any atom is 0.211 e. The van der Waals surface area contributed by atoms with E-state index in [2.05, 4.69) is 31.8 Å². The van der Waals surface area contributed by atoms with Crippen LogP contribution in [0, 0.1) is 5.41 Å². The van der Waals surface area contributed by atoms with Crippen LogP contribution in [0.15, 0.2) is 16.8 Å². The second-order valence-electron chi connectivity index (χ2n) is 6.73. The Hall–Kier alpha value is -0.470. The third-order valence-corrected chi connectivity index (χ3v) is 7.39. The van der Waals surface area contributed by atoms with Crippen LogP contribution in [-0.4, -0.2) is 51.3 Å². The van der Waals surface area contributed by atoms with E-state index >= 15 is 0 Å². The van der Waals surface area contributed by atoms with Crippen molar-refractivity contribution in [3.8, 4) is 0 Å². The first-order chi connectivity index (χ1) is 11.0. The van der Waals surface area contributed by atoms with Gasteiger partial charge in [0.2, 0.25) is 10.0 Å². The minimum Gasteiger partial charge on any atom is -0.317 e. The summed E-state index contributed by atoms with van der Waals surface area (Å²) in [5, 5.41) is 7.75. The summed E-state index contributed by atoms with van der Waals surface area (Å²) >= 11 is 1.72. The summed E-state index contributed by atoms with van der Waals surface area (Å²) in [5.74, 6) is 0.149. The van der Waals surface area contributed by atoms with Crippen LogP contribution in [0.4, 0.5) is 0 Å². The van der Waals surface area contributed by atoms with Crippen LogP contribution in [0.3, 0.4) is 0 Å². The third-order valence-electron chi connectivity index (χ3n) is 5.25. The highest BCUT2D eigenvalue weighted by Crippen LogP contribution is 2.55. The highest BCUT2D eigenvalue weighted by Gasteiger charge is 2.56. The number of hydrogen-bond donors (Lipinski definition) is 2. The monoisotopic (exact) mass is 357 g/mol. The lowest BCUT2D eigenvalue weighted by molar-refractivity contribution is 0.198. The van der Waals surface area contributed by atoms with E-state index in [4.69, 9.17) is 0 Å². The van der Waals surface area contributed by atoms with E-state index in [-0.39, 0.29) is 5.75 Å². The molecule has 1 aliphatic heterocycles. The van der Waals surface area contributed by atoms with Crippen LogP contribution in [0.25, 0.3) is 0 Å². The Balaban J connectivity index is 1.60. The molecule has 5 nitrogen and oxygen atoms in total. The van der Waals surface area contributed by atoms with Crippen molar-refractivity contribution >= 4 is 21.4 Å². The summed E-state index contributed by atoms with van der Waals surface area (Å²) in [6.07, 6.45) is 3.76. The predicted molar refractivity (Wildman–Crippen MR) is 95.1 cm³/mol. The molecule has 1 spiro atoms. The minimum absolute atomic E-state index is 0.149. The van der Waals surface area contributed by atoms with Crippen LogP contribution in [0.5, 0.6) is 0 Å². The Labute approximate surface area is 143 Å². The lowest BCUT2D eigenvalue weighted by Crippen LogP contribution is -2.40. The second-order valence-corrected chi connectivity index (χ2v) is 9.61. The lowest BCUT2D eigenvalue weighted by Gasteiger charge is -2.29. The molecule has 0 bridgehead atoms. The number of rotatable bonds is 8. The molecule has 1 aliphatic carbocycles. The minimum atomic E-state index is -3.10. The average Bonchev–Trinajstić information content (AvgIpc) is 2.97. The van der Waals surface area contributed by atoms with Gasteiger partial charge in [-0.15, -0.1) is 0 Å². The van der Waals surface area contributed by atoms with Gasteiger partial charge in [0, 0.05) is 25.7 Å². The van der Waals surface area contributed by atoms with E-state index in [0.29, 0.717) is 18.0 Å². The molecule has 130 valence electrons. The van der Waals surface area contributed by atoms with Gasteiger partial charge in [0.05, 0.1) is 5.75 Å². The fourth-order valence-corrected chi connectivity index (χ4v) is 4.98. The molecule has 3 rings (SSSR count). The van der Waals surface area contributed by atoms with Crippen molar-refractivity contribution in [1.82, 2.24) is 14.9 Å². The number of sulfonamides is 1. The van der Waals surface area contributed by atoms with Crippen LogP contribution < -0.4 is 10.0 Å². The van der Waals surface area contributed by atoms with E-state index in [1.54, 1.807) is 18.3 Å². The van der Waals surface area contributed by atoms with Crippen LogP contribution >= 0.6 is 11.3 Å². The first-order valence-corrected chi connectivity index (χ1v) is 11.1. The first-order valence-electron chi connectivity index (χ1n) is 8.48. The van der Waals surface area contributed by atoms with Crippen molar-refractivity contribution in [3.63, 3.8) is 0 Å². The number of nitrogens with one attached hydrogen (secondary N) is 2. The van der Waals surface area contributed by atoms with Crippen molar-refractivity contribution < 1.29 is 8.42 Å². The van der Waals surface area contributed by atoms with E-state index in [1.165, 1.54) is 24.8 Å². The number of piperidine rings is 1. The molecule has 1 aromatic rings. The Morgan fingerprint density at radius 2 is 2.22 bits per heavy atom. The standard InChI is InChI=1S/C16H27N3O2S2/c1-2-23(20,21)18-8-9-19(12-14-3-10-22-13-14)15-11-16(15)4-6-17-7-5-16/h3,10,13,15,17-18H,2,4-9,11-12H2,1H3. The molecule has 7 heteroatoms. The summed E-state index contributed by atoms with van der Waals surface area (Å²) in [5.41, 5.74) is 1.81. The van der Waals surface area contributed by atoms with Crippen LogP contribution in [0.1, 0.15) is 31.7 Å². The van der Waals surface area contributed by atoms with E-state index in [9.17, 15) is 8.42 Å². The molecular formula is C16H27N3O2S2. The molecule has 1 atom stereocenters. The highest BCUT2D eigenvalue weighted by molar-refractivity contribution is 7.89. The zero-order valence-corrected chi connectivity index (χ0v) is 15.4. The number of thiophene rings is 1. The molecule has 2 N–H and O–H groups in total. The summed E-state index contributed by atoms with van der Waals surface area (Å²) < 4.78 is 26.0. The van der Waals surface area contributed by atoms with Gasteiger partial charge in [0.25, 0.3) is 0 Å². The maximum atomic E-state index is 11.6.